The molecule has 32 heavy (non-hydrogen) atoms. The lowest BCUT2D eigenvalue weighted by Crippen LogP contribution is -2.10. The third kappa shape index (κ3) is 3.60. The van der Waals surface area contributed by atoms with Crippen LogP contribution >= 0.6 is 0 Å². The van der Waals surface area contributed by atoms with Crippen LogP contribution in [0.3, 0.4) is 0 Å². The Bertz CT molecular complexity index is 1410. The van der Waals surface area contributed by atoms with Crippen molar-refractivity contribution < 1.29 is 4.79 Å². The average Bonchev–Trinajstić information content (AvgIpc) is 3.26. The highest BCUT2D eigenvalue weighted by Crippen LogP contribution is 2.31. The van der Waals surface area contributed by atoms with E-state index in [1.165, 1.54) is 0 Å². The average molecular weight is 422 g/mol. The summed E-state index contributed by atoms with van der Waals surface area (Å²) in [5.41, 5.74) is 5.91. The fourth-order valence-corrected chi connectivity index (χ4v) is 3.79. The fourth-order valence-electron chi connectivity index (χ4n) is 3.79. The van der Waals surface area contributed by atoms with Crippen LogP contribution in [0.4, 0.5) is 5.69 Å². The first kappa shape index (κ1) is 19.9. The fraction of sp³-hybridized carbons (Fsp3) is 0.154. The molecule has 5 aromatic rings. The molecule has 0 unspecified atom stereocenters. The Kier molecular flexibility index (Phi) is 5.11. The van der Waals surface area contributed by atoms with Crippen molar-refractivity contribution in [1.82, 2.24) is 19.6 Å². The predicted octanol–water partition coefficient (Wildman–Crippen LogP) is 5.49. The minimum atomic E-state index is 0.483. The second-order valence-electron chi connectivity index (χ2n) is 8.24. The van der Waals surface area contributed by atoms with Gasteiger partial charge in [-0.1, -0.05) is 62.4 Å². The van der Waals surface area contributed by atoms with Gasteiger partial charge in [-0.25, -0.2) is 9.50 Å². The minimum Gasteiger partial charge on any atom is -0.382 e. The van der Waals surface area contributed by atoms with Crippen molar-refractivity contribution in [1.29, 1.82) is 0 Å². The summed E-state index contributed by atoms with van der Waals surface area (Å²) in [7, 11) is 0. The van der Waals surface area contributed by atoms with Gasteiger partial charge in [0.1, 0.15) is 6.29 Å². The summed E-state index contributed by atoms with van der Waals surface area (Å²) in [5.74, 6) is 0.483. The summed E-state index contributed by atoms with van der Waals surface area (Å²) in [6.45, 7) is 5.17. The molecule has 3 aromatic heterocycles. The van der Waals surface area contributed by atoms with Crippen LogP contribution in [0, 0.1) is 5.92 Å². The first-order valence-electron chi connectivity index (χ1n) is 10.7. The summed E-state index contributed by atoms with van der Waals surface area (Å²) < 4.78 is 1.87. The van der Waals surface area contributed by atoms with Gasteiger partial charge < -0.3 is 5.32 Å². The number of imidazole rings is 1. The zero-order chi connectivity index (χ0) is 22.1. The van der Waals surface area contributed by atoms with Gasteiger partial charge in [0.15, 0.2) is 5.65 Å². The Morgan fingerprint density at radius 3 is 2.62 bits per heavy atom. The first-order chi connectivity index (χ1) is 15.6. The molecule has 0 saturated heterocycles. The molecule has 0 atom stereocenters. The Labute approximate surface area is 186 Å². The van der Waals surface area contributed by atoms with Crippen LogP contribution in [0.1, 0.15) is 24.2 Å². The maximum Gasteiger partial charge on any atom is 0.177 e. The SMILES string of the molecule is CC(C)CNc1cc(-c2cncc3ccccc23)nn2c(-c3ccc(C=O)cc3)cnc12. The van der Waals surface area contributed by atoms with E-state index in [2.05, 4.69) is 41.3 Å². The normalized spacial score (nSPS) is 11.3. The van der Waals surface area contributed by atoms with Crippen molar-refractivity contribution in [3.63, 3.8) is 0 Å². The van der Waals surface area contributed by atoms with Gasteiger partial charge in [-0.2, -0.15) is 5.10 Å². The maximum absolute atomic E-state index is 11.1. The number of nitrogens with zero attached hydrogens (tertiary/aromatic N) is 4. The molecule has 1 N–H and O–H groups in total. The number of anilines is 1. The molecule has 0 aliphatic heterocycles. The molecule has 6 heteroatoms. The number of carbonyl (C=O) groups excluding carboxylic acids is 1. The van der Waals surface area contributed by atoms with Crippen LogP contribution in [-0.2, 0) is 0 Å². The molecule has 0 fully saturated rings. The van der Waals surface area contributed by atoms with Crippen molar-refractivity contribution in [2.45, 2.75) is 13.8 Å². The van der Waals surface area contributed by atoms with E-state index in [0.717, 1.165) is 57.5 Å². The number of aldehydes is 1. The van der Waals surface area contributed by atoms with Gasteiger partial charge in [-0.05, 0) is 17.4 Å². The number of hydrogen-bond donors (Lipinski definition) is 1. The van der Waals surface area contributed by atoms with Crippen LogP contribution in [0.25, 0.3) is 38.9 Å². The molecule has 0 aliphatic carbocycles. The maximum atomic E-state index is 11.1. The molecular formula is C26H23N5O. The molecule has 2 aromatic carbocycles. The molecule has 6 nitrogen and oxygen atoms in total. The highest BCUT2D eigenvalue weighted by Gasteiger charge is 2.16. The van der Waals surface area contributed by atoms with E-state index in [1.54, 1.807) is 12.1 Å². The molecular weight excluding hydrogens is 398 g/mol. The third-order valence-electron chi connectivity index (χ3n) is 5.46. The van der Waals surface area contributed by atoms with Crippen molar-refractivity contribution in [3.05, 3.63) is 78.8 Å². The highest BCUT2D eigenvalue weighted by molar-refractivity contribution is 5.95. The highest BCUT2D eigenvalue weighted by atomic mass is 16.1. The van der Waals surface area contributed by atoms with Crippen LogP contribution in [-0.4, -0.2) is 32.4 Å². The smallest absolute Gasteiger partial charge is 0.177 e. The van der Waals surface area contributed by atoms with Gasteiger partial charge in [0, 0.05) is 41.0 Å². The Balaban J connectivity index is 1.73. The van der Waals surface area contributed by atoms with E-state index < -0.39 is 0 Å². The zero-order valence-corrected chi connectivity index (χ0v) is 18.0. The molecule has 5 rings (SSSR count). The number of rotatable bonds is 6. The number of pyridine rings is 1. The quantitative estimate of drug-likeness (QED) is 0.367. The van der Waals surface area contributed by atoms with Crippen LogP contribution in [0.15, 0.2) is 73.2 Å². The Morgan fingerprint density at radius 2 is 1.84 bits per heavy atom. The predicted molar refractivity (Wildman–Crippen MR) is 128 cm³/mol. The molecule has 0 bridgehead atoms. The van der Waals surface area contributed by atoms with E-state index in [1.807, 2.05) is 53.4 Å². The lowest BCUT2D eigenvalue weighted by atomic mass is 10.1. The first-order valence-corrected chi connectivity index (χ1v) is 10.7. The summed E-state index contributed by atoms with van der Waals surface area (Å²) >= 11 is 0. The van der Waals surface area contributed by atoms with Crippen LogP contribution in [0.5, 0.6) is 0 Å². The Hall–Kier alpha value is -4.06. The van der Waals surface area contributed by atoms with Gasteiger partial charge in [0.2, 0.25) is 0 Å². The Morgan fingerprint density at radius 1 is 1.03 bits per heavy atom. The van der Waals surface area contributed by atoms with Crippen molar-refractivity contribution >= 4 is 28.4 Å². The number of benzene rings is 2. The van der Waals surface area contributed by atoms with E-state index in [0.29, 0.717) is 11.5 Å². The van der Waals surface area contributed by atoms with Crippen molar-refractivity contribution in [3.8, 4) is 22.5 Å². The summed E-state index contributed by atoms with van der Waals surface area (Å²) in [4.78, 5) is 20.2. The molecule has 0 radical (unpaired) electrons. The van der Waals surface area contributed by atoms with Gasteiger partial charge in [-0.3, -0.25) is 9.78 Å². The van der Waals surface area contributed by atoms with Crippen LogP contribution < -0.4 is 5.32 Å². The van der Waals surface area contributed by atoms with E-state index in [-0.39, 0.29) is 0 Å². The lowest BCUT2D eigenvalue weighted by Gasteiger charge is -2.13. The van der Waals surface area contributed by atoms with Gasteiger partial charge in [0.25, 0.3) is 0 Å². The van der Waals surface area contributed by atoms with Crippen LogP contribution in [0.2, 0.25) is 0 Å². The monoisotopic (exact) mass is 421 g/mol. The second kappa shape index (κ2) is 8.23. The zero-order valence-electron chi connectivity index (χ0n) is 18.0. The standard InChI is InChI=1S/C26H23N5O/c1-17(2)12-28-24-11-23(22-14-27-13-20-5-3-4-6-21(20)22)30-31-25(15-29-26(24)31)19-9-7-18(16-32)8-10-19/h3-11,13-17,28H,12H2,1-2H3. The lowest BCUT2D eigenvalue weighted by molar-refractivity contribution is 0.112. The second-order valence-corrected chi connectivity index (χ2v) is 8.24. The van der Waals surface area contributed by atoms with Gasteiger partial charge in [0.05, 0.1) is 23.3 Å². The third-order valence-corrected chi connectivity index (χ3v) is 5.46. The number of nitrogens with one attached hydrogen (secondary N) is 1. The number of hydrogen-bond acceptors (Lipinski definition) is 5. The number of aromatic nitrogens is 4. The molecule has 0 spiro atoms. The van der Waals surface area contributed by atoms with Crippen molar-refractivity contribution in [2.24, 2.45) is 5.92 Å². The number of carbonyl (C=O) groups is 1. The topological polar surface area (TPSA) is 72.2 Å². The number of fused-ring (bicyclic) bond motifs is 2. The van der Waals surface area contributed by atoms with E-state index in [9.17, 15) is 4.79 Å². The van der Waals surface area contributed by atoms with E-state index >= 15 is 0 Å². The van der Waals surface area contributed by atoms with Gasteiger partial charge >= 0.3 is 0 Å². The molecule has 0 aliphatic rings. The van der Waals surface area contributed by atoms with Crippen molar-refractivity contribution in [2.75, 3.05) is 11.9 Å². The minimum absolute atomic E-state index is 0.483. The molecule has 158 valence electrons. The molecule has 3 heterocycles. The summed E-state index contributed by atoms with van der Waals surface area (Å²) in [6, 6.07) is 17.7. The van der Waals surface area contributed by atoms with Gasteiger partial charge in [-0.15, -0.1) is 0 Å². The molecule has 0 saturated carbocycles. The largest absolute Gasteiger partial charge is 0.382 e. The van der Waals surface area contributed by atoms with E-state index in [4.69, 9.17) is 5.10 Å². The summed E-state index contributed by atoms with van der Waals surface area (Å²) in [5, 5.41) is 10.7. The summed E-state index contributed by atoms with van der Waals surface area (Å²) in [6.07, 6.45) is 6.39. The molecule has 0 amide bonds.